The topological polar surface area (TPSA) is 0 Å². The molecule has 0 saturated heterocycles. The van der Waals surface area contributed by atoms with Crippen molar-refractivity contribution in [1.29, 1.82) is 0 Å². The number of rotatable bonds is 10. The first-order valence-electron chi connectivity index (χ1n) is 6.73. The molecule has 0 aliphatic rings. The summed E-state index contributed by atoms with van der Waals surface area (Å²) in [6, 6.07) is 0. The molecule has 0 rings (SSSR count). The van der Waals surface area contributed by atoms with E-state index in [9.17, 15) is 0 Å². The van der Waals surface area contributed by atoms with Gasteiger partial charge < -0.3 is 0 Å². The number of allylic oxidation sites excluding steroid dienone is 4. The maximum atomic E-state index is 2.30. The SMILES string of the molecule is CCCCC/C=C/C=CCCCCCC. The molecule has 15 heavy (non-hydrogen) atoms. The molecule has 0 atom stereocenters. The third-order valence-corrected chi connectivity index (χ3v) is 2.58. The van der Waals surface area contributed by atoms with E-state index >= 15 is 0 Å². The molecule has 0 amide bonds. The lowest BCUT2D eigenvalue weighted by Gasteiger charge is -1.93. The van der Waals surface area contributed by atoms with Crippen LogP contribution >= 0.6 is 0 Å². The second-order valence-corrected chi connectivity index (χ2v) is 4.20. The summed E-state index contributed by atoms with van der Waals surface area (Å²) >= 11 is 0. The fourth-order valence-corrected chi connectivity index (χ4v) is 1.55. The zero-order valence-corrected chi connectivity index (χ0v) is 10.7. The molecule has 0 aliphatic carbocycles. The molecule has 0 aliphatic heterocycles. The summed E-state index contributed by atoms with van der Waals surface area (Å²) in [5.74, 6) is 0. The molecule has 0 saturated carbocycles. The molecule has 0 N–H and O–H groups in total. The summed E-state index contributed by atoms with van der Waals surface area (Å²) < 4.78 is 0. The van der Waals surface area contributed by atoms with Gasteiger partial charge in [-0.1, -0.05) is 70.3 Å². The Labute approximate surface area is 96.5 Å². The maximum absolute atomic E-state index is 2.30. The zero-order valence-electron chi connectivity index (χ0n) is 10.7. The van der Waals surface area contributed by atoms with Gasteiger partial charge in [0.05, 0.1) is 0 Å². The Morgan fingerprint density at radius 1 is 0.600 bits per heavy atom. The molecule has 0 aromatic rings. The van der Waals surface area contributed by atoms with Crippen LogP contribution in [0.15, 0.2) is 24.3 Å². The van der Waals surface area contributed by atoms with Crippen LogP contribution in [0.5, 0.6) is 0 Å². The minimum atomic E-state index is 1.24. The van der Waals surface area contributed by atoms with Gasteiger partial charge in [0, 0.05) is 0 Å². The van der Waals surface area contributed by atoms with Crippen molar-refractivity contribution in [3.63, 3.8) is 0 Å². The summed E-state index contributed by atoms with van der Waals surface area (Å²) in [7, 11) is 0. The number of unbranched alkanes of at least 4 members (excludes halogenated alkanes) is 7. The molecule has 0 spiro atoms. The lowest BCUT2D eigenvalue weighted by molar-refractivity contribution is 0.674. The van der Waals surface area contributed by atoms with Crippen LogP contribution in [0.1, 0.15) is 71.6 Å². The van der Waals surface area contributed by atoms with Crippen LogP contribution in [-0.4, -0.2) is 0 Å². The first-order chi connectivity index (χ1) is 7.41. The van der Waals surface area contributed by atoms with Gasteiger partial charge >= 0.3 is 0 Å². The normalized spacial score (nSPS) is 11.9. The van der Waals surface area contributed by atoms with Crippen LogP contribution in [0, 0.1) is 0 Å². The standard InChI is InChI=1S/C15H28/c1-3-5-7-9-11-13-15-14-12-10-8-6-4-2/h11,13-15H,3-10,12H2,1-2H3/b13-11+,15-14?. The summed E-state index contributed by atoms with van der Waals surface area (Å²) in [5, 5.41) is 0. The van der Waals surface area contributed by atoms with Crippen molar-refractivity contribution in [2.45, 2.75) is 71.6 Å². The van der Waals surface area contributed by atoms with Gasteiger partial charge in [0.25, 0.3) is 0 Å². The van der Waals surface area contributed by atoms with Gasteiger partial charge in [0.1, 0.15) is 0 Å². The minimum absolute atomic E-state index is 1.24. The van der Waals surface area contributed by atoms with E-state index in [4.69, 9.17) is 0 Å². The van der Waals surface area contributed by atoms with Crippen LogP contribution in [0.3, 0.4) is 0 Å². The predicted octanol–water partition coefficient (Wildman–Crippen LogP) is 5.65. The molecule has 0 unspecified atom stereocenters. The largest absolute Gasteiger partial charge is 0.0845 e. The Bertz CT molecular complexity index is 153. The van der Waals surface area contributed by atoms with Crippen LogP contribution in [0.2, 0.25) is 0 Å². The monoisotopic (exact) mass is 208 g/mol. The molecular formula is C15H28. The van der Waals surface area contributed by atoms with Gasteiger partial charge in [-0.05, 0) is 25.7 Å². The fraction of sp³-hybridized carbons (Fsp3) is 0.733. The molecule has 0 heterocycles. The van der Waals surface area contributed by atoms with Crippen molar-refractivity contribution in [3.05, 3.63) is 24.3 Å². The van der Waals surface area contributed by atoms with Crippen LogP contribution in [-0.2, 0) is 0 Å². The van der Waals surface area contributed by atoms with Crippen LogP contribution < -0.4 is 0 Å². The molecule has 0 aromatic carbocycles. The van der Waals surface area contributed by atoms with Crippen LogP contribution in [0.4, 0.5) is 0 Å². The Balaban J connectivity index is 3.15. The lowest BCUT2D eigenvalue weighted by Crippen LogP contribution is -1.73. The Morgan fingerprint density at radius 3 is 1.60 bits per heavy atom. The number of hydrogen-bond acceptors (Lipinski definition) is 0. The average molecular weight is 208 g/mol. The zero-order chi connectivity index (χ0) is 11.2. The molecule has 88 valence electrons. The van der Waals surface area contributed by atoms with Crippen molar-refractivity contribution in [2.24, 2.45) is 0 Å². The molecular weight excluding hydrogens is 180 g/mol. The molecule has 0 bridgehead atoms. The van der Waals surface area contributed by atoms with Crippen molar-refractivity contribution in [2.75, 3.05) is 0 Å². The molecule has 0 aromatic heterocycles. The first kappa shape index (κ1) is 14.5. The average Bonchev–Trinajstić information content (AvgIpc) is 2.26. The van der Waals surface area contributed by atoms with Gasteiger partial charge in [-0.3, -0.25) is 0 Å². The van der Waals surface area contributed by atoms with Crippen molar-refractivity contribution >= 4 is 0 Å². The predicted molar refractivity (Wildman–Crippen MR) is 71.2 cm³/mol. The van der Waals surface area contributed by atoms with E-state index < -0.39 is 0 Å². The first-order valence-corrected chi connectivity index (χ1v) is 6.73. The summed E-state index contributed by atoms with van der Waals surface area (Å²) in [4.78, 5) is 0. The molecule has 0 radical (unpaired) electrons. The Hall–Kier alpha value is -0.520. The van der Waals surface area contributed by atoms with E-state index in [2.05, 4.69) is 38.2 Å². The highest BCUT2D eigenvalue weighted by Crippen LogP contribution is 2.03. The number of hydrogen-bond donors (Lipinski definition) is 0. The highest BCUT2D eigenvalue weighted by molar-refractivity contribution is 5.02. The summed E-state index contributed by atoms with van der Waals surface area (Å²) in [6.07, 6.45) is 21.0. The van der Waals surface area contributed by atoms with E-state index in [0.717, 1.165) is 0 Å². The van der Waals surface area contributed by atoms with Gasteiger partial charge in [-0.25, -0.2) is 0 Å². The van der Waals surface area contributed by atoms with E-state index in [-0.39, 0.29) is 0 Å². The summed E-state index contributed by atoms with van der Waals surface area (Å²) in [5.41, 5.74) is 0. The Morgan fingerprint density at radius 2 is 1.07 bits per heavy atom. The Kier molecular flexibility index (Phi) is 13.0. The van der Waals surface area contributed by atoms with E-state index in [1.165, 1.54) is 57.8 Å². The molecule has 0 heteroatoms. The second-order valence-electron chi connectivity index (χ2n) is 4.20. The quantitative estimate of drug-likeness (QED) is 0.321. The van der Waals surface area contributed by atoms with E-state index in [1.54, 1.807) is 0 Å². The summed E-state index contributed by atoms with van der Waals surface area (Å²) in [6.45, 7) is 4.51. The molecule has 0 nitrogen and oxygen atoms in total. The van der Waals surface area contributed by atoms with Crippen molar-refractivity contribution in [1.82, 2.24) is 0 Å². The van der Waals surface area contributed by atoms with E-state index in [1.807, 2.05) is 0 Å². The lowest BCUT2D eigenvalue weighted by atomic mass is 10.1. The van der Waals surface area contributed by atoms with Gasteiger partial charge in [0.15, 0.2) is 0 Å². The van der Waals surface area contributed by atoms with Gasteiger partial charge in [-0.15, -0.1) is 0 Å². The maximum Gasteiger partial charge on any atom is -0.0348 e. The fourth-order valence-electron chi connectivity index (χ4n) is 1.55. The third kappa shape index (κ3) is 13.5. The highest BCUT2D eigenvalue weighted by Gasteiger charge is 1.83. The van der Waals surface area contributed by atoms with Crippen molar-refractivity contribution in [3.8, 4) is 0 Å². The third-order valence-electron chi connectivity index (χ3n) is 2.58. The second kappa shape index (κ2) is 13.5. The van der Waals surface area contributed by atoms with Gasteiger partial charge in [-0.2, -0.15) is 0 Å². The molecule has 0 fully saturated rings. The smallest absolute Gasteiger partial charge is 0.0348 e. The minimum Gasteiger partial charge on any atom is -0.0845 e. The highest BCUT2D eigenvalue weighted by atomic mass is 13.9. The van der Waals surface area contributed by atoms with E-state index in [0.29, 0.717) is 0 Å². The van der Waals surface area contributed by atoms with Crippen LogP contribution in [0.25, 0.3) is 0 Å². The van der Waals surface area contributed by atoms with Gasteiger partial charge in [0.2, 0.25) is 0 Å². The van der Waals surface area contributed by atoms with Crippen molar-refractivity contribution < 1.29 is 0 Å².